The Kier molecular flexibility index (Phi) is 5.46. The number of aliphatic hydroxyl groups excluding tert-OH is 1. The average molecular weight is 368 g/mol. The highest BCUT2D eigenvalue weighted by Gasteiger charge is 2.47. The summed E-state index contributed by atoms with van der Waals surface area (Å²) >= 11 is 6.17. The van der Waals surface area contributed by atoms with Crippen LogP contribution in [-0.4, -0.2) is 44.0 Å². The Morgan fingerprint density at radius 3 is 2.76 bits per heavy atom. The monoisotopic (exact) mass is 367 g/mol. The fourth-order valence-electron chi connectivity index (χ4n) is 3.71. The van der Waals surface area contributed by atoms with Gasteiger partial charge in [-0.05, 0) is 38.0 Å². The number of rotatable bonds is 2. The van der Waals surface area contributed by atoms with Crippen LogP contribution in [0, 0.1) is 5.92 Å². The highest BCUT2D eigenvalue weighted by molar-refractivity contribution is 6.32. The topological polar surface area (TPSA) is 98.6 Å². The molecule has 138 valence electrons. The van der Waals surface area contributed by atoms with E-state index in [1.54, 1.807) is 10.7 Å². The molecule has 8 heteroatoms. The molecule has 4 rings (SSSR count). The largest absolute Gasteiger partial charge is 0.391 e. The van der Waals surface area contributed by atoms with Gasteiger partial charge >= 0.3 is 0 Å². The number of hydrogen-bond acceptors (Lipinski definition) is 6. The minimum atomic E-state index is -0.186. The van der Waals surface area contributed by atoms with Crippen molar-refractivity contribution in [1.82, 2.24) is 19.6 Å². The molecule has 3 N–H and O–H groups in total. The van der Waals surface area contributed by atoms with Gasteiger partial charge in [-0.3, -0.25) is 0 Å². The number of anilines is 1. The van der Waals surface area contributed by atoms with Gasteiger partial charge in [-0.15, -0.1) is 5.10 Å². The highest BCUT2D eigenvalue weighted by Crippen LogP contribution is 2.50. The minimum absolute atomic E-state index is 0.0802. The first-order valence-corrected chi connectivity index (χ1v) is 9.28. The molecule has 0 spiro atoms. The van der Waals surface area contributed by atoms with Gasteiger partial charge in [-0.25, -0.2) is 14.5 Å². The molecule has 2 aromatic rings. The van der Waals surface area contributed by atoms with Gasteiger partial charge in [-0.2, -0.15) is 0 Å². The number of hydrogen-bond donors (Lipinski definition) is 2. The number of nitrogen functional groups attached to an aromatic ring is 1. The van der Waals surface area contributed by atoms with Crippen LogP contribution in [0.1, 0.15) is 51.8 Å². The summed E-state index contributed by atoms with van der Waals surface area (Å²) in [7, 11) is 0. The molecule has 0 bridgehead atoms. The number of halogens is 1. The summed E-state index contributed by atoms with van der Waals surface area (Å²) < 4.78 is 6.70. The van der Waals surface area contributed by atoms with Gasteiger partial charge in [0.2, 0.25) is 5.95 Å². The van der Waals surface area contributed by atoms with Crippen molar-refractivity contribution in [3.63, 3.8) is 0 Å². The molecule has 1 aliphatic carbocycles. The fraction of sp³-hybridized carbons (Fsp3) is 0.706. The van der Waals surface area contributed by atoms with Gasteiger partial charge in [0.15, 0.2) is 5.15 Å². The van der Waals surface area contributed by atoms with E-state index < -0.39 is 0 Å². The third-order valence-electron chi connectivity index (χ3n) is 5.55. The molecule has 3 atom stereocenters. The third kappa shape index (κ3) is 3.45. The van der Waals surface area contributed by atoms with E-state index in [2.05, 4.69) is 28.9 Å². The van der Waals surface area contributed by atoms with E-state index in [9.17, 15) is 0 Å². The maximum atomic E-state index is 8.78. The van der Waals surface area contributed by atoms with Crippen molar-refractivity contribution >= 4 is 23.1 Å². The van der Waals surface area contributed by atoms with Crippen molar-refractivity contribution in [2.75, 3.05) is 18.9 Å². The Morgan fingerprint density at radius 2 is 2.28 bits per heavy atom. The predicted molar refractivity (Wildman–Crippen MR) is 96.6 cm³/mol. The zero-order valence-corrected chi connectivity index (χ0v) is 15.5. The lowest BCUT2D eigenvalue weighted by molar-refractivity contribution is -0.00535. The van der Waals surface area contributed by atoms with Crippen LogP contribution in [0.4, 0.5) is 5.95 Å². The summed E-state index contributed by atoms with van der Waals surface area (Å²) in [5.41, 5.74) is 6.48. The smallest absolute Gasteiger partial charge is 0.238 e. The summed E-state index contributed by atoms with van der Waals surface area (Å²) in [5.74, 6) is 1.77. The van der Waals surface area contributed by atoms with E-state index >= 15 is 0 Å². The van der Waals surface area contributed by atoms with E-state index in [-0.39, 0.29) is 17.5 Å². The molecule has 2 fully saturated rings. The first-order valence-electron chi connectivity index (χ1n) is 8.91. The summed E-state index contributed by atoms with van der Waals surface area (Å²) in [6.07, 6.45) is 6.77. The number of nitrogens with zero attached hydrogens (tertiary/aromatic N) is 4. The molecular weight excluding hydrogens is 342 g/mol. The molecule has 0 radical (unpaired) electrons. The van der Waals surface area contributed by atoms with Gasteiger partial charge in [0.25, 0.3) is 0 Å². The van der Waals surface area contributed by atoms with Crippen LogP contribution < -0.4 is 5.73 Å². The molecule has 0 aromatic carbocycles. The van der Waals surface area contributed by atoms with Crippen LogP contribution in [-0.2, 0) is 10.2 Å². The lowest BCUT2D eigenvalue weighted by Gasteiger charge is -2.46. The number of aliphatic hydroxyl groups is 1. The Balaban J connectivity index is 0.000000219. The lowest BCUT2D eigenvalue weighted by atomic mass is 9.59. The van der Waals surface area contributed by atoms with E-state index in [4.69, 9.17) is 27.2 Å². The lowest BCUT2D eigenvalue weighted by Crippen LogP contribution is -2.44. The Labute approximate surface area is 152 Å². The van der Waals surface area contributed by atoms with Crippen LogP contribution in [0.25, 0.3) is 5.52 Å². The number of nitrogens with two attached hydrogens (primary N) is 1. The second kappa shape index (κ2) is 7.43. The van der Waals surface area contributed by atoms with E-state index in [1.165, 1.54) is 6.42 Å². The Hall–Kier alpha value is -1.44. The first kappa shape index (κ1) is 18.4. The van der Waals surface area contributed by atoms with Gasteiger partial charge in [-0.1, -0.05) is 25.4 Å². The van der Waals surface area contributed by atoms with Crippen LogP contribution in [0.15, 0.2) is 6.20 Å². The van der Waals surface area contributed by atoms with Crippen LogP contribution in [0.2, 0.25) is 5.15 Å². The standard InChI is InChI=1S/C12H16ClN5.C5H10O2/c1-3-12(5-4-7(12)2)10-16-9(13)8-6-15-11(14)17-18(8)10;6-5-2-1-3-7-4-5/h6-7H,3-5H2,1-2H3,(H2,14,17);5-6H,1-4H2. The zero-order chi connectivity index (χ0) is 18.0. The van der Waals surface area contributed by atoms with Crippen molar-refractivity contribution in [2.24, 2.45) is 5.92 Å². The summed E-state index contributed by atoms with van der Waals surface area (Å²) in [6.45, 7) is 5.82. The molecule has 0 amide bonds. The van der Waals surface area contributed by atoms with Gasteiger partial charge in [0, 0.05) is 12.0 Å². The maximum Gasteiger partial charge on any atom is 0.238 e. The molecule has 1 aliphatic heterocycles. The molecular formula is C17H26ClN5O2. The minimum Gasteiger partial charge on any atom is -0.391 e. The van der Waals surface area contributed by atoms with Gasteiger partial charge in [0.05, 0.1) is 18.9 Å². The number of fused-ring (bicyclic) bond motifs is 1. The van der Waals surface area contributed by atoms with E-state index in [1.807, 2.05) is 0 Å². The molecule has 7 nitrogen and oxygen atoms in total. The van der Waals surface area contributed by atoms with Crippen molar-refractivity contribution in [1.29, 1.82) is 0 Å². The Bertz CT molecular complexity index is 727. The molecule has 3 heterocycles. The molecule has 2 aromatic heterocycles. The van der Waals surface area contributed by atoms with Gasteiger partial charge in [0.1, 0.15) is 11.3 Å². The Morgan fingerprint density at radius 1 is 1.48 bits per heavy atom. The van der Waals surface area contributed by atoms with Crippen molar-refractivity contribution in [3.05, 3.63) is 17.2 Å². The average Bonchev–Trinajstić information content (AvgIpc) is 2.92. The number of imidazole rings is 1. The quantitative estimate of drug-likeness (QED) is 0.846. The SMILES string of the molecule is CCC1(c2nc(Cl)c3cnc(N)nn23)CCC1C.OC1CCCOC1. The normalized spacial score (nSPS) is 29.0. The summed E-state index contributed by atoms with van der Waals surface area (Å²) in [4.78, 5) is 8.49. The maximum absolute atomic E-state index is 8.78. The molecule has 2 aliphatic rings. The third-order valence-corrected chi connectivity index (χ3v) is 5.82. The van der Waals surface area contributed by atoms with Crippen molar-refractivity contribution in [3.8, 4) is 0 Å². The zero-order valence-electron chi connectivity index (χ0n) is 14.8. The van der Waals surface area contributed by atoms with Crippen LogP contribution in [0.5, 0.6) is 0 Å². The van der Waals surface area contributed by atoms with Crippen molar-refractivity contribution < 1.29 is 9.84 Å². The van der Waals surface area contributed by atoms with E-state index in [0.717, 1.165) is 43.6 Å². The first-order chi connectivity index (χ1) is 12.0. The molecule has 3 unspecified atom stereocenters. The predicted octanol–water partition coefficient (Wildman–Crippen LogP) is 2.60. The van der Waals surface area contributed by atoms with Gasteiger partial charge < -0.3 is 15.6 Å². The van der Waals surface area contributed by atoms with E-state index in [0.29, 0.717) is 17.7 Å². The summed E-state index contributed by atoms with van der Waals surface area (Å²) in [6, 6.07) is 0. The summed E-state index contributed by atoms with van der Waals surface area (Å²) in [5, 5.41) is 13.5. The van der Waals surface area contributed by atoms with Crippen LogP contribution >= 0.6 is 11.6 Å². The second-order valence-electron chi connectivity index (χ2n) is 6.96. The van der Waals surface area contributed by atoms with Crippen LogP contribution in [0.3, 0.4) is 0 Å². The molecule has 1 saturated heterocycles. The van der Waals surface area contributed by atoms with Crippen molar-refractivity contribution in [2.45, 2.75) is 57.5 Å². The number of ether oxygens (including phenoxy) is 1. The number of aromatic nitrogens is 4. The molecule has 1 saturated carbocycles. The molecule has 25 heavy (non-hydrogen) atoms. The fourth-order valence-corrected chi connectivity index (χ4v) is 3.92. The highest BCUT2D eigenvalue weighted by atomic mass is 35.5. The second-order valence-corrected chi connectivity index (χ2v) is 7.32.